The van der Waals surface area contributed by atoms with E-state index in [2.05, 4.69) is 0 Å². The highest BCUT2D eigenvalue weighted by atomic mass is 32.2. The van der Waals surface area contributed by atoms with Crippen LogP contribution in [-0.4, -0.2) is 29.1 Å². The first kappa shape index (κ1) is 14.3. The summed E-state index contributed by atoms with van der Waals surface area (Å²) in [5, 5.41) is 8.93. The molecule has 4 nitrogen and oxygen atoms in total. The van der Waals surface area contributed by atoms with E-state index in [1.54, 1.807) is 37.5 Å². The number of benzene rings is 1. The van der Waals surface area contributed by atoms with Gasteiger partial charge in [0.15, 0.2) is 5.12 Å². The van der Waals surface area contributed by atoms with Crippen LogP contribution in [0.15, 0.2) is 29.8 Å². The molecule has 1 aromatic rings. The van der Waals surface area contributed by atoms with Gasteiger partial charge >= 0.3 is 5.97 Å². The normalized spacial score (nSPS) is 11.1. The van der Waals surface area contributed by atoms with Gasteiger partial charge in [0.2, 0.25) is 0 Å². The second-order valence-corrected chi connectivity index (χ2v) is 4.68. The molecule has 0 fully saturated rings. The Hall–Kier alpha value is -1.75. The van der Waals surface area contributed by atoms with Crippen molar-refractivity contribution in [1.82, 2.24) is 0 Å². The van der Waals surface area contributed by atoms with Gasteiger partial charge in [-0.2, -0.15) is 0 Å². The molecule has 96 valence electrons. The summed E-state index contributed by atoms with van der Waals surface area (Å²) in [5.41, 5.74) is 0.956. The van der Waals surface area contributed by atoms with Gasteiger partial charge in [0, 0.05) is 18.2 Å². The van der Waals surface area contributed by atoms with Crippen molar-refractivity contribution >= 4 is 28.9 Å². The van der Waals surface area contributed by atoms with Crippen molar-refractivity contribution in [3.63, 3.8) is 0 Å². The molecular weight excluding hydrogens is 252 g/mol. The van der Waals surface area contributed by atoms with Gasteiger partial charge in [0.05, 0.1) is 7.11 Å². The second kappa shape index (κ2) is 6.86. The van der Waals surface area contributed by atoms with E-state index in [0.29, 0.717) is 5.75 Å². The summed E-state index contributed by atoms with van der Waals surface area (Å²) in [6.07, 6.45) is 1.55. The predicted molar refractivity (Wildman–Crippen MR) is 71.7 cm³/mol. The Morgan fingerprint density at radius 3 is 2.39 bits per heavy atom. The molecule has 1 N–H and O–H groups in total. The van der Waals surface area contributed by atoms with Crippen molar-refractivity contribution in [1.29, 1.82) is 0 Å². The summed E-state index contributed by atoms with van der Waals surface area (Å²) < 4.78 is 5.01. The monoisotopic (exact) mass is 266 g/mol. The first-order valence-electron chi connectivity index (χ1n) is 5.24. The molecule has 0 saturated carbocycles. The average Bonchev–Trinajstić information content (AvgIpc) is 2.34. The van der Waals surface area contributed by atoms with Crippen LogP contribution in [0.2, 0.25) is 0 Å². The Kier molecular flexibility index (Phi) is 5.45. The van der Waals surface area contributed by atoms with Crippen molar-refractivity contribution in [2.75, 3.05) is 12.9 Å². The maximum Gasteiger partial charge on any atom is 0.332 e. The van der Waals surface area contributed by atoms with Crippen LogP contribution < -0.4 is 4.74 Å². The summed E-state index contributed by atoms with van der Waals surface area (Å²) >= 11 is 0.982. The fraction of sp³-hybridized carbons (Fsp3) is 0.231. The molecule has 0 bridgehead atoms. The van der Waals surface area contributed by atoms with Gasteiger partial charge in [-0.3, -0.25) is 4.79 Å². The van der Waals surface area contributed by atoms with Crippen molar-refractivity contribution < 1.29 is 19.4 Å². The highest BCUT2D eigenvalue weighted by Crippen LogP contribution is 2.16. The molecule has 0 atom stereocenters. The first-order chi connectivity index (χ1) is 8.52. The van der Waals surface area contributed by atoms with Gasteiger partial charge in [-0.15, -0.1) is 0 Å². The standard InChI is InChI=1S/C13H14O4S/c1-9(14)18-8-11(13(15)16)7-10-3-5-12(17-2)6-4-10/h3-7H,8H2,1-2H3,(H,15,16). The third kappa shape index (κ3) is 4.63. The summed E-state index contributed by atoms with van der Waals surface area (Å²) in [6, 6.07) is 7.03. The van der Waals surface area contributed by atoms with E-state index < -0.39 is 5.97 Å². The topological polar surface area (TPSA) is 63.6 Å². The van der Waals surface area contributed by atoms with Gasteiger partial charge < -0.3 is 9.84 Å². The molecule has 0 unspecified atom stereocenters. The van der Waals surface area contributed by atoms with Crippen LogP contribution in [0.4, 0.5) is 0 Å². The zero-order valence-electron chi connectivity index (χ0n) is 10.2. The highest BCUT2D eigenvalue weighted by Gasteiger charge is 2.09. The molecule has 0 spiro atoms. The van der Waals surface area contributed by atoms with Crippen molar-refractivity contribution in [3.05, 3.63) is 35.4 Å². The lowest BCUT2D eigenvalue weighted by Crippen LogP contribution is -2.04. The second-order valence-electron chi connectivity index (χ2n) is 3.53. The van der Waals surface area contributed by atoms with Crippen LogP contribution in [0.1, 0.15) is 12.5 Å². The minimum Gasteiger partial charge on any atom is -0.497 e. The minimum atomic E-state index is -1.01. The number of carbonyl (C=O) groups is 2. The molecule has 1 aromatic carbocycles. The molecule has 0 aliphatic carbocycles. The van der Waals surface area contributed by atoms with Gasteiger partial charge in [-0.1, -0.05) is 23.9 Å². The fourth-order valence-electron chi connectivity index (χ4n) is 1.25. The molecule has 0 amide bonds. The van der Waals surface area contributed by atoms with E-state index in [0.717, 1.165) is 17.3 Å². The fourth-order valence-corrected chi connectivity index (χ4v) is 1.81. The lowest BCUT2D eigenvalue weighted by atomic mass is 10.1. The third-order valence-electron chi connectivity index (χ3n) is 2.16. The number of carbonyl (C=O) groups excluding carboxylic acids is 1. The van der Waals surface area contributed by atoms with Crippen molar-refractivity contribution in [2.45, 2.75) is 6.92 Å². The smallest absolute Gasteiger partial charge is 0.332 e. The van der Waals surface area contributed by atoms with Crippen molar-refractivity contribution in [3.8, 4) is 5.75 Å². The van der Waals surface area contributed by atoms with Gasteiger partial charge in [-0.25, -0.2) is 4.79 Å². The number of carboxylic acids is 1. The lowest BCUT2D eigenvalue weighted by molar-refractivity contribution is -0.132. The number of hydrogen-bond donors (Lipinski definition) is 1. The van der Waals surface area contributed by atoms with Gasteiger partial charge in [0.1, 0.15) is 5.75 Å². The summed E-state index contributed by atoms with van der Waals surface area (Å²) in [5.74, 6) is -0.141. The Labute approximate surface area is 110 Å². The van der Waals surface area contributed by atoms with Crippen LogP contribution in [0.5, 0.6) is 5.75 Å². The molecular formula is C13H14O4S. The minimum absolute atomic E-state index is 0.100. The SMILES string of the molecule is COc1ccc(C=C(CSC(C)=O)C(=O)O)cc1. The van der Waals surface area contributed by atoms with E-state index in [9.17, 15) is 9.59 Å². The molecule has 0 radical (unpaired) electrons. The third-order valence-corrected chi connectivity index (χ3v) is 3.02. The molecule has 0 aliphatic heterocycles. The molecule has 0 aromatic heterocycles. The molecule has 1 rings (SSSR count). The Morgan fingerprint density at radius 1 is 1.33 bits per heavy atom. The van der Waals surface area contributed by atoms with Crippen LogP contribution in [0.3, 0.4) is 0 Å². The maximum atomic E-state index is 11.0. The lowest BCUT2D eigenvalue weighted by Gasteiger charge is -2.02. The number of carboxylic acid groups (broad SMARTS) is 1. The molecule has 5 heteroatoms. The zero-order chi connectivity index (χ0) is 13.5. The maximum absolute atomic E-state index is 11.0. The quantitative estimate of drug-likeness (QED) is 0.829. The van der Waals surface area contributed by atoms with Crippen LogP contribution in [-0.2, 0) is 9.59 Å². The predicted octanol–water partition coefficient (Wildman–Crippen LogP) is 2.44. The number of thioether (sulfide) groups is 1. The highest BCUT2D eigenvalue weighted by molar-refractivity contribution is 8.13. The number of methoxy groups -OCH3 is 1. The number of hydrogen-bond acceptors (Lipinski definition) is 4. The van der Waals surface area contributed by atoms with Crippen LogP contribution in [0, 0.1) is 0 Å². The zero-order valence-corrected chi connectivity index (χ0v) is 11.0. The Morgan fingerprint density at radius 2 is 1.94 bits per heavy atom. The van der Waals surface area contributed by atoms with E-state index in [4.69, 9.17) is 9.84 Å². The summed E-state index contributed by atoms with van der Waals surface area (Å²) in [6.45, 7) is 1.41. The number of rotatable bonds is 5. The van der Waals surface area contributed by atoms with E-state index in [1.165, 1.54) is 6.92 Å². The summed E-state index contributed by atoms with van der Waals surface area (Å²) in [4.78, 5) is 21.9. The molecule has 18 heavy (non-hydrogen) atoms. The molecule has 0 heterocycles. The average molecular weight is 266 g/mol. The van der Waals surface area contributed by atoms with E-state index in [1.807, 2.05) is 0 Å². The van der Waals surface area contributed by atoms with Crippen LogP contribution in [0.25, 0.3) is 6.08 Å². The van der Waals surface area contributed by atoms with Crippen LogP contribution >= 0.6 is 11.8 Å². The van der Waals surface area contributed by atoms with Gasteiger partial charge in [-0.05, 0) is 23.8 Å². The largest absolute Gasteiger partial charge is 0.497 e. The molecule has 0 aliphatic rings. The number of ether oxygens (including phenoxy) is 1. The molecule has 0 saturated heterocycles. The Bertz CT molecular complexity index is 462. The number of aliphatic carboxylic acids is 1. The first-order valence-corrected chi connectivity index (χ1v) is 6.22. The van der Waals surface area contributed by atoms with Gasteiger partial charge in [0.25, 0.3) is 0 Å². The van der Waals surface area contributed by atoms with E-state index >= 15 is 0 Å². The summed E-state index contributed by atoms with van der Waals surface area (Å²) in [7, 11) is 1.57. The van der Waals surface area contributed by atoms with Crippen molar-refractivity contribution in [2.24, 2.45) is 0 Å². The Balaban J connectivity index is 2.86. The van der Waals surface area contributed by atoms with E-state index in [-0.39, 0.29) is 16.4 Å².